The minimum absolute atomic E-state index is 0. The highest BCUT2D eigenvalue weighted by molar-refractivity contribution is 14.0. The van der Waals surface area contributed by atoms with Crippen LogP contribution in [0.4, 0.5) is 0 Å². The van der Waals surface area contributed by atoms with Crippen LogP contribution in [0.3, 0.4) is 0 Å². The molecule has 0 amide bonds. The van der Waals surface area contributed by atoms with Crippen molar-refractivity contribution < 1.29 is 9.53 Å². The molecule has 1 saturated heterocycles. The summed E-state index contributed by atoms with van der Waals surface area (Å²) in [5.41, 5.74) is -0.378. The summed E-state index contributed by atoms with van der Waals surface area (Å²) < 4.78 is 5.33. The number of guanidine groups is 1. The van der Waals surface area contributed by atoms with E-state index in [4.69, 9.17) is 4.74 Å². The van der Waals surface area contributed by atoms with Crippen molar-refractivity contribution in [3.63, 3.8) is 0 Å². The smallest absolute Gasteiger partial charge is 0.306 e. The number of aliphatic imine (C=N–C) groups is 1. The first-order chi connectivity index (χ1) is 12.8. The Morgan fingerprint density at radius 2 is 1.79 bits per heavy atom. The number of carbonyl (C=O) groups is 1. The highest BCUT2D eigenvalue weighted by atomic mass is 127. The van der Waals surface area contributed by atoms with Gasteiger partial charge in [-0.1, -0.05) is 19.8 Å². The number of carbonyl (C=O) groups excluding carboxylic acids is 1. The number of hydrogen-bond acceptors (Lipinski definition) is 4. The molecule has 0 aliphatic carbocycles. The molecule has 0 aromatic carbocycles. The molecule has 1 aliphatic heterocycles. The molecule has 1 rings (SSSR count). The van der Waals surface area contributed by atoms with Crippen molar-refractivity contribution >= 4 is 35.9 Å². The molecule has 6 nitrogen and oxygen atoms in total. The van der Waals surface area contributed by atoms with Crippen LogP contribution in [0, 0.1) is 0 Å². The van der Waals surface area contributed by atoms with E-state index < -0.39 is 0 Å². The number of unbranched alkanes of at least 4 members (excludes halogenated alkanes) is 3. The van der Waals surface area contributed by atoms with E-state index in [0.29, 0.717) is 12.5 Å². The average Bonchev–Trinajstić information content (AvgIpc) is 2.60. The molecule has 0 spiro atoms. The van der Waals surface area contributed by atoms with Gasteiger partial charge in [0.25, 0.3) is 0 Å². The molecule has 0 radical (unpaired) electrons. The molecule has 2 N–H and O–H groups in total. The summed E-state index contributed by atoms with van der Waals surface area (Å²) >= 11 is 0. The lowest BCUT2D eigenvalue weighted by molar-refractivity contribution is -0.154. The van der Waals surface area contributed by atoms with Crippen LogP contribution in [-0.2, 0) is 9.53 Å². The molecular weight excluding hydrogens is 467 g/mol. The Kier molecular flexibility index (Phi) is 15.0. The number of nitrogens with zero attached hydrogens (tertiary/aromatic N) is 2. The van der Waals surface area contributed by atoms with Gasteiger partial charge in [-0.15, -0.1) is 24.0 Å². The third-order valence-corrected chi connectivity index (χ3v) is 4.71. The van der Waals surface area contributed by atoms with Gasteiger partial charge in [0, 0.05) is 39.1 Å². The third-order valence-electron chi connectivity index (χ3n) is 4.71. The van der Waals surface area contributed by atoms with Crippen molar-refractivity contribution in [2.45, 2.75) is 90.7 Å². The Morgan fingerprint density at radius 3 is 2.36 bits per heavy atom. The van der Waals surface area contributed by atoms with Gasteiger partial charge >= 0.3 is 5.97 Å². The van der Waals surface area contributed by atoms with Crippen LogP contribution >= 0.6 is 24.0 Å². The molecular formula is C21H43IN4O2. The lowest BCUT2D eigenvalue weighted by Crippen LogP contribution is -2.48. The predicted molar refractivity (Wildman–Crippen MR) is 129 cm³/mol. The molecule has 1 heterocycles. The second kappa shape index (κ2) is 15.3. The summed E-state index contributed by atoms with van der Waals surface area (Å²) in [6, 6.07) is 0.526. The highest BCUT2D eigenvalue weighted by Crippen LogP contribution is 2.12. The highest BCUT2D eigenvalue weighted by Gasteiger charge is 2.19. The van der Waals surface area contributed by atoms with Crippen LogP contribution in [0.5, 0.6) is 0 Å². The fraction of sp³-hybridized carbons (Fsp3) is 0.905. The predicted octanol–water partition coefficient (Wildman–Crippen LogP) is 3.94. The molecule has 0 saturated carbocycles. The van der Waals surface area contributed by atoms with E-state index in [1.54, 1.807) is 0 Å². The van der Waals surface area contributed by atoms with Crippen molar-refractivity contribution in [2.75, 3.05) is 33.2 Å². The van der Waals surface area contributed by atoms with Gasteiger partial charge in [0.1, 0.15) is 5.60 Å². The van der Waals surface area contributed by atoms with E-state index in [9.17, 15) is 4.79 Å². The Bertz CT molecular complexity index is 444. The van der Waals surface area contributed by atoms with Gasteiger partial charge in [-0.2, -0.15) is 0 Å². The van der Waals surface area contributed by atoms with Gasteiger partial charge in [0.05, 0.1) is 0 Å². The first-order valence-electron chi connectivity index (χ1n) is 10.8. The Balaban J connectivity index is 0.00000729. The van der Waals surface area contributed by atoms with E-state index in [-0.39, 0.29) is 35.5 Å². The second-order valence-corrected chi connectivity index (χ2v) is 8.51. The molecule has 166 valence electrons. The number of piperidine rings is 1. The van der Waals surface area contributed by atoms with Crippen molar-refractivity contribution in [1.82, 2.24) is 15.5 Å². The van der Waals surface area contributed by atoms with Crippen LogP contribution in [0.2, 0.25) is 0 Å². The average molecular weight is 511 g/mol. The van der Waals surface area contributed by atoms with E-state index in [1.807, 2.05) is 27.8 Å². The van der Waals surface area contributed by atoms with Crippen molar-refractivity contribution in [1.29, 1.82) is 0 Å². The van der Waals surface area contributed by atoms with Gasteiger partial charge in [-0.25, -0.2) is 0 Å². The molecule has 0 aromatic rings. The zero-order valence-electron chi connectivity index (χ0n) is 18.7. The number of hydrogen-bond donors (Lipinski definition) is 2. The van der Waals surface area contributed by atoms with Gasteiger partial charge in [0.2, 0.25) is 0 Å². The van der Waals surface area contributed by atoms with Crippen LogP contribution in [0.15, 0.2) is 4.99 Å². The SMILES string of the molecule is CCCN1CCC(NC(=NC)NCCCCCCC(=O)OC(C)(C)C)CC1.I. The first-order valence-corrected chi connectivity index (χ1v) is 10.8. The van der Waals surface area contributed by atoms with Gasteiger partial charge in [0.15, 0.2) is 5.96 Å². The van der Waals surface area contributed by atoms with E-state index in [2.05, 4.69) is 27.4 Å². The third kappa shape index (κ3) is 13.6. The molecule has 1 fully saturated rings. The zero-order valence-corrected chi connectivity index (χ0v) is 21.0. The summed E-state index contributed by atoms with van der Waals surface area (Å²) in [7, 11) is 1.84. The Hall–Kier alpha value is -0.570. The summed E-state index contributed by atoms with van der Waals surface area (Å²) in [6.07, 6.45) is 8.29. The van der Waals surface area contributed by atoms with E-state index >= 15 is 0 Å². The van der Waals surface area contributed by atoms with Crippen LogP contribution in [0.1, 0.15) is 79.1 Å². The number of nitrogens with one attached hydrogen (secondary N) is 2. The van der Waals surface area contributed by atoms with Crippen LogP contribution < -0.4 is 10.6 Å². The second-order valence-electron chi connectivity index (χ2n) is 8.51. The Morgan fingerprint density at radius 1 is 1.14 bits per heavy atom. The molecule has 0 aromatic heterocycles. The van der Waals surface area contributed by atoms with Gasteiger partial charge in [-0.05, 0) is 59.4 Å². The quantitative estimate of drug-likeness (QED) is 0.153. The maximum atomic E-state index is 11.7. The number of esters is 1. The largest absolute Gasteiger partial charge is 0.460 e. The summed E-state index contributed by atoms with van der Waals surface area (Å²) in [6.45, 7) is 12.5. The maximum absolute atomic E-state index is 11.7. The summed E-state index contributed by atoms with van der Waals surface area (Å²) in [5.74, 6) is 0.827. The van der Waals surface area contributed by atoms with E-state index in [0.717, 1.165) is 38.2 Å². The minimum Gasteiger partial charge on any atom is -0.460 e. The van der Waals surface area contributed by atoms with E-state index in [1.165, 1.54) is 38.9 Å². The lowest BCUT2D eigenvalue weighted by atomic mass is 10.1. The fourth-order valence-corrected chi connectivity index (χ4v) is 3.35. The molecule has 1 aliphatic rings. The number of likely N-dealkylation sites (tertiary alicyclic amines) is 1. The maximum Gasteiger partial charge on any atom is 0.306 e. The monoisotopic (exact) mass is 510 g/mol. The molecule has 0 bridgehead atoms. The van der Waals surface area contributed by atoms with Gasteiger partial charge < -0.3 is 20.3 Å². The summed E-state index contributed by atoms with van der Waals surface area (Å²) in [4.78, 5) is 18.6. The van der Waals surface area contributed by atoms with Crippen molar-refractivity contribution in [3.05, 3.63) is 0 Å². The summed E-state index contributed by atoms with van der Waals surface area (Å²) in [5, 5.41) is 6.98. The standard InChI is InChI=1S/C21H42N4O2.HI/c1-6-15-25-16-12-18(13-17-25)24-20(22-5)23-14-10-8-7-9-11-19(26)27-21(2,3)4;/h18H,6-17H2,1-5H3,(H2,22,23,24);1H. The van der Waals surface area contributed by atoms with Crippen LogP contribution in [-0.4, -0.2) is 61.7 Å². The minimum atomic E-state index is -0.378. The van der Waals surface area contributed by atoms with Gasteiger partial charge in [-0.3, -0.25) is 9.79 Å². The topological polar surface area (TPSA) is 66.0 Å². The first kappa shape index (κ1) is 27.4. The number of rotatable bonds is 10. The lowest BCUT2D eigenvalue weighted by Gasteiger charge is -2.32. The fourth-order valence-electron chi connectivity index (χ4n) is 3.35. The molecule has 28 heavy (non-hydrogen) atoms. The molecule has 0 unspecified atom stereocenters. The van der Waals surface area contributed by atoms with Crippen molar-refractivity contribution in [3.8, 4) is 0 Å². The number of ether oxygens (including phenoxy) is 1. The van der Waals surface area contributed by atoms with Crippen molar-refractivity contribution in [2.24, 2.45) is 4.99 Å². The molecule has 0 atom stereocenters. The van der Waals surface area contributed by atoms with Crippen LogP contribution in [0.25, 0.3) is 0 Å². The number of halogens is 1. The Labute approximate surface area is 189 Å². The zero-order chi connectivity index (χ0) is 20.1. The molecule has 7 heteroatoms. The normalized spacial score (nSPS) is 16.4.